The standard InChI is InChI=1S/C11H17NOS2/c1-2-9-4-5-11(14-9)10-8-15(13)7-3-6-12-10/h4-5,10,12H,2-3,6-8H2,1H3. The molecule has 2 nitrogen and oxygen atoms in total. The van der Waals surface area contributed by atoms with Crippen molar-refractivity contribution in [1.29, 1.82) is 0 Å². The summed E-state index contributed by atoms with van der Waals surface area (Å²) in [6, 6.07) is 4.69. The van der Waals surface area contributed by atoms with Gasteiger partial charge in [0.15, 0.2) is 0 Å². The zero-order valence-corrected chi connectivity index (χ0v) is 10.6. The normalized spacial score (nSPS) is 27.5. The number of aryl methyl sites for hydroxylation is 1. The SMILES string of the molecule is CCc1ccc(C2CS(=O)CCCN2)s1. The van der Waals surface area contributed by atoms with Crippen molar-refractivity contribution in [3.05, 3.63) is 21.9 Å². The lowest BCUT2D eigenvalue weighted by Gasteiger charge is -2.12. The van der Waals surface area contributed by atoms with E-state index in [4.69, 9.17) is 0 Å². The Morgan fingerprint density at radius 3 is 3.20 bits per heavy atom. The van der Waals surface area contributed by atoms with E-state index < -0.39 is 10.8 Å². The van der Waals surface area contributed by atoms with Gasteiger partial charge in [-0.3, -0.25) is 4.21 Å². The molecule has 2 rings (SSSR count). The van der Waals surface area contributed by atoms with Crippen molar-refractivity contribution < 1.29 is 4.21 Å². The highest BCUT2D eigenvalue weighted by atomic mass is 32.2. The summed E-state index contributed by atoms with van der Waals surface area (Å²) in [5, 5.41) is 3.48. The number of thiophene rings is 1. The van der Waals surface area contributed by atoms with E-state index in [1.165, 1.54) is 9.75 Å². The smallest absolute Gasteiger partial charge is 0.0531 e. The van der Waals surface area contributed by atoms with Crippen molar-refractivity contribution in [3.63, 3.8) is 0 Å². The quantitative estimate of drug-likeness (QED) is 0.862. The van der Waals surface area contributed by atoms with Crippen LogP contribution in [0.5, 0.6) is 0 Å². The monoisotopic (exact) mass is 243 g/mol. The number of hydrogen-bond donors (Lipinski definition) is 1. The van der Waals surface area contributed by atoms with Crippen molar-refractivity contribution in [1.82, 2.24) is 5.32 Å². The Morgan fingerprint density at radius 1 is 1.60 bits per heavy atom. The van der Waals surface area contributed by atoms with Crippen LogP contribution < -0.4 is 5.32 Å². The molecule has 0 saturated carbocycles. The zero-order chi connectivity index (χ0) is 10.7. The molecule has 2 atom stereocenters. The Balaban J connectivity index is 2.10. The van der Waals surface area contributed by atoms with E-state index in [-0.39, 0.29) is 0 Å². The van der Waals surface area contributed by atoms with Gasteiger partial charge in [0, 0.05) is 32.1 Å². The Bertz CT molecular complexity index is 348. The van der Waals surface area contributed by atoms with Gasteiger partial charge in [-0.1, -0.05) is 6.92 Å². The Labute approximate surface area is 97.5 Å². The van der Waals surface area contributed by atoms with Crippen molar-refractivity contribution in [3.8, 4) is 0 Å². The van der Waals surface area contributed by atoms with Crippen LogP contribution in [0.2, 0.25) is 0 Å². The average Bonchev–Trinajstić information content (AvgIpc) is 2.61. The molecule has 0 radical (unpaired) electrons. The summed E-state index contributed by atoms with van der Waals surface area (Å²) < 4.78 is 11.6. The third kappa shape index (κ3) is 2.89. The number of nitrogens with one attached hydrogen (secondary N) is 1. The fourth-order valence-corrected chi connectivity index (χ4v) is 4.23. The van der Waals surface area contributed by atoms with E-state index in [1.54, 1.807) is 0 Å². The summed E-state index contributed by atoms with van der Waals surface area (Å²) in [5.41, 5.74) is 0. The van der Waals surface area contributed by atoms with Crippen LogP contribution in [0.4, 0.5) is 0 Å². The highest BCUT2D eigenvalue weighted by Crippen LogP contribution is 2.25. The molecule has 1 aromatic rings. The van der Waals surface area contributed by atoms with E-state index in [0.29, 0.717) is 6.04 Å². The minimum Gasteiger partial charge on any atom is -0.308 e. The first-order chi connectivity index (χ1) is 7.29. The summed E-state index contributed by atoms with van der Waals surface area (Å²) >= 11 is 1.85. The van der Waals surface area contributed by atoms with Crippen LogP contribution >= 0.6 is 11.3 Å². The second-order valence-corrected chi connectivity index (χ2v) is 6.65. The molecule has 0 aromatic carbocycles. The van der Waals surface area contributed by atoms with Crippen molar-refractivity contribution >= 4 is 22.1 Å². The second kappa shape index (κ2) is 5.23. The van der Waals surface area contributed by atoms with Crippen molar-refractivity contribution in [2.24, 2.45) is 0 Å². The number of hydrogen-bond acceptors (Lipinski definition) is 3. The molecular formula is C11H17NOS2. The molecule has 1 aromatic heterocycles. The van der Waals surface area contributed by atoms with Gasteiger partial charge in [0.1, 0.15) is 0 Å². The molecule has 1 aliphatic rings. The fraction of sp³-hybridized carbons (Fsp3) is 0.636. The van der Waals surface area contributed by atoms with E-state index in [9.17, 15) is 4.21 Å². The van der Waals surface area contributed by atoms with Crippen LogP contribution in [0.1, 0.15) is 29.1 Å². The van der Waals surface area contributed by atoms with Gasteiger partial charge in [-0.2, -0.15) is 0 Å². The molecular weight excluding hydrogens is 226 g/mol. The molecule has 84 valence electrons. The topological polar surface area (TPSA) is 29.1 Å². The zero-order valence-electron chi connectivity index (χ0n) is 8.99. The van der Waals surface area contributed by atoms with Gasteiger partial charge in [-0.15, -0.1) is 11.3 Å². The van der Waals surface area contributed by atoms with E-state index in [1.807, 2.05) is 11.3 Å². The molecule has 0 amide bonds. The fourth-order valence-electron chi connectivity index (χ4n) is 1.79. The Kier molecular flexibility index (Phi) is 3.94. The largest absolute Gasteiger partial charge is 0.308 e. The molecule has 0 spiro atoms. The lowest BCUT2D eigenvalue weighted by atomic mass is 10.2. The second-order valence-electron chi connectivity index (χ2n) is 3.83. The minimum atomic E-state index is -0.637. The molecule has 1 N–H and O–H groups in total. The van der Waals surface area contributed by atoms with Crippen molar-refractivity contribution in [2.45, 2.75) is 25.8 Å². The molecule has 1 saturated heterocycles. The summed E-state index contributed by atoms with van der Waals surface area (Å²) in [4.78, 5) is 2.77. The molecule has 2 unspecified atom stereocenters. The average molecular weight is 243 g/mol. The predicted molar refractivity (Wildman–Crippen MR) is 66.9 cm³/mol. The van der Waals surface area contributed by atoms with E-state index in [2.05, 4.69) is 24.4 Å². The van der Waals surface area contributed by atoms with Gasteiger partial charge in [0.05, 0.1) is 6.04 Å². The van der Waals surface area contributed by atoms with Crippen LogP contribution in [0.3, 0.4) is 0 Å². The molecule has 1 fully saturated rings. The molecule has 15 heavy (non-hydrogen) atoms. The highest BCUT2D eigenvalue weighted by molar-refractivity contribution is 7.85. The van der Waals surface area contributed by atoms with Gasteiger partial charge < -0.3 is 5.32 Å². The summed E-state index contributed by atoms with van der Waals surface area (Å²) in [6.45, 7) is 3.17. The maximum atomic E-state index is 11.6. The third-order valence-electron chi connectivity index (χ3n) is 2.67. The van der Waals surface area contributed by atoms with Gasteiger partial charge in [0.2, 0.25) is 0 Å². The molecule has 2 heterocycles. The Morgan fingerprint density at radius 2 is 2.47 bits per heavy atom. The summed E-state index contributed by atoms with van der Waals surface area (Å²) in [5.74, 6) is 1.64. The molecule has 0 bridgehead atoms. The maximum Gasteiger partial charge on any atom is 0.0531 e. The van der Waals surface area contributed by atoms with Gasteiger partial charge in [-0.05, 0) is 31.5 Å². The van der Waals surface area contributed by atoms with Gasteiger partial charge >= 0.3 is 0 Å². The van der Waals surface area contributed by atoms with E-state index >= 15 is 0 Å². The minimum absolute atomic E-state index is 0.318. The number of rotatable bonds is 2. The first kappa shape index (κ1) is 11.3. The predicted octanol–water partition coefficient (Wildman–Crippen LogP) is 2.09. The van der Waals surface area contributed by atoms with Crippen LogP contribution in [-0.4, -0.2) is 22.3 Å². The summed E-state index contributed by atoms with van der Waals surface area (Å²) in [6.07, 6.45) is 2.13. The molecule has 1 aliphatic heterocycles. The maximum absolute atomic E-state index is 11.6. The van der Waals surface area contributed by atoms with E-state index in [0.717, 1.165) is 30.9 Å². The van der Waals surface area contributed by atoms with Crippen LogP contribution in [0.25, 0.3) is 0 Å². The third-order valence-corrected chi connectivity index (χ3v) is 5.46. The first-order valence-corrected chi connectivity index (χ1v) is 7.77. The summed E-state index contributed by atoms with van der Waals surface area (Å²) in [7, 11) is -0.637. The van der Waals surface area contributed by atoms with Crippen molar-refractivity contribution in [2.75, 3.05) is 18.1 Å². The lowest BCUT2D eigenvalue weighted by molar-refractivity contribution is 0.595. The first-order valence-electron chi connectivity index (χ1n) is 5.46. The van der Waals surface area contributed by atoms with Crippen LogP contribution in [0, 0.1) is 0 Å². The Hall–Kier alpha value is -0.190. The van der Waals surface area contributed by atoms with Gasteiger partial charge in [-0.25, -0.2) is 0 Å². The van der Waals surface area contributed by atoms with Gasteiger partial charge in [0.25, 0.3) is 0 Å². The molecule has 0 aliphatic carbocycles. The van der Waals surface area contributed by atoms with Crippen LogP contribution in [-0.2, 0) is 17.2 Å². The molecule has 4 heteroatoms. The lowest BCUT2D eigenvalue weighted by Crippen LogP contribution is -2.22. The highest BCUT2D eigenvalue weighted by Gasteiger charge is 2.19. The van der Waals surface area contributed by atoms with Crippen LogP contribution in [0.15, 0.2) is 12.1 Å².